The van der Waals surface area contributed by atoms with Gasteiger partial charge < -0.3 is 24.6 Å². The van der Waals surface area contributed by atoms with Crippen LogP contribution in [0.4, 0.5) is 10.1 Å². The zero-order chi connectivity index (χ0) is 23.2. The maximum Gasteiger partial charge on any atom is 0.337 e. The monoisotopic (exact) mass is 454 g/mol. The Hall–Kier alpha value is -3.29. The van der Waals surface area contributed by atoms with Gasteiger partial charge in [-0.2, -0.15) is 0 Å². The van der Waals surface area contributed by atoms with Crippen molar-refractivity contribution in [2.24, 2.45) is 4.99 Å². The largest absolute Gasteiger partial charge is 0.497 e. The number of carbonyl (C=O) groups excluding carboxylic acids is 1. The maximum atomic E-state index is 14.7. The maximum absolute atomic E-state index is 14.7. The zero-order valence-electron chi connectivity index (χ0n) is 19.2. The molecule has 0 radical (unpaired) electrons. The molecule has 0 unspecified atom stereocenters. The van der Waals surface area contributed by atoms with Crippen LogP contribution in [0.5, 0.6) is 5.75 Å². The van der Waals surface area contributed by atoms with E-state index < -0.39 is 11.8 Å². The molecule has 2 aromatic carbocycles. The lowest BCUT2D eigenvalue weighted by Gasteiger charge is -2.41. The fourth-order valence-corrected chi connectivity index (χ4v) is 4.44. The predicted molar refractivity (Wildman–Crippen MR) is 126 cm³/mol. The summed E-state index contributed by atoms with van der Waals surface area (Å²) in [4.78, 5) is 20.8. The van der Waals surface area contributed by atoms with Crippen molar-refractivity contribution in [3.8, 4) is 5.75 Å². The van der Waals surface area contributed by atoms with E-state index in [-0.39, 0.29) is 5.56 Å². The minimum absolute atomic E-state index is 0.223. The molecule has 2 aliphatic rings. The van der Waals surface area contributed by atoms with Crippen molar-refractivity contribution in [2.75, 3.05) is 45.3 Å². The molecule has 176 valence electrons. The van der Waals surface area contributed by atoms with E-state index >= 15 is 0 Å². The van der Waals surface area contributed by atoms with Crippen LogP contribution in [-0.2, 0) is 11.3 Å². The van der Waals surface area contributed by atoms with E-state index in [0.29, 0.717) is 11.7 Å². The first kappa shape index (κ1) is 22.9. The number of methoxy groups -OCH3 is 2. The van der Waals surface area contributed by atoms with Crippen molar-refractivity contribution in [3.05, 3.63) is 59.4 Å². The topological polar surface area (TPSA) is 66.4 Å². The van der Waals surface area contributed by atoms with Gasteiger partial charge in [-0.05, 0) is 55.2 Å². The van der Waals surface area contributed by atoms with Gasteiger partial charge in [0.25, 0.3) is 0 Å². The molecule has 4 rings (SSSR count). The third-order valence-corrected chi connectivity index (χ3v) is 6.28. The number of anilines is 1. The molecule has 8 heteroatoms. The Labute approximate surface area is 194 Å². The average molecular weight is 455 g/mol. The standard InChI is InChI=1S/C25H31FN4O3/c1-32-21-7-4-18(5-8-21)17-30(25-27-12-3-13-28-25)20-10-14-29(15-11-20)23-9-6-19(16-22(23)26)24(31)33-2/h4-9,16,20H,3,10-15,17H2,1-2H3,(H,27,28). The molecule has 0 bridgehead atoms. The zero-order valence-corrected chi connectivity index (χ0v) is 19.2. The van der Waals surface area contributed by atoms with Crippen molar-refractivity contribution < 1.29 is 18.7 Å². The summed E-state index contributed by atoms with van der Waals surface area (Å²) in [6.45, 7) is 3.96. The van der Waals surface area contributed by atoms with Gasteiger partial charge in [0.15, 0.2) is 5.96 Å². The molecular formula is C25H31FN4O3. The molecule has 0 aliphatic carbocycles. The van der Waals surface area contributed by atoms with Crippen LogP contribution in [0.1, 0.15) is 35.2 Å². The van der Waals surface area contributed by atoms with Gasteiger partial charge in [-0.25, -0.2) is 9.18 Å². The normalized spacial score (nSPS) is 16.6. The molecule has 1 N–H and O–H groups in total. The molecular weight excluding hydrogens is 423 g/mol. The first-order valence-corrected chi connectivity index (χ1v) is 11.4. The molecule has 1 saturated heterocycles. The fraction of sp³-hybridized carbons (Fsp3) is 0.440. The molecule has 7 nitrogen and oxygen atoms in total. The summed E-state index contributed by atoms with van der Waals surface area (Å²) in [5.41, 5.74) is 1.94. The van der Waals surface area contributed by atoms with Crippen molar-refractivity contribution in [2.45, 2.75) is 31.8 Å². The first-order chi connectivity index (χ1) is 16.1. The number of aliphatic imine (C=N–C) groups is 1. The molecule has 1 fully saturated rings. The van der Waals surface area contributed by atoms with Gasteiger partial charge in [-0.3, -0.25) is 4.99 Å². The van der Waals surface area contributed by atoms with Crippen LogP contribution in [-0.4, -0.2) is 63.3 Å². The van der Waals surface area contributed by atoms with Crippen LogP contribution in [0.15, 0.2) is 47.5 Å². The molecule has 33 heavy (non-hydrogen) atoms. The van der Waals surface area contributed by atoms with E-state index in [4.69, 9.17) is 9.73 Å². The Morgan fingerprint density at radius 1 is 1.18 bits per heavy atom. The Morgan fingerprint density at radius 3 is 2.55 bits per heavy atom. The van der Waals surface area contributed by atoms with Crippen molar-refractivity contribution in [1.82, 2.24) is 10.2 Å². The fourth-order valence-electron chi connectivity index (χ4n) is 4.44. The Morgan fingerprint density at radius 2 is 1.94 bits per heavy atom. The Bertz CT molecular complexity index is 988. The summed E-state index contributed by atoms with van der Waals surface area (Å²) < 4.78 is 24.7. The van der Waals surface area contributed by atoms with Crippen molar-refractivity contribution in [3.63, 3.8) is 0 Å². The molecule has 0 saturated carbocycles. The number of ether oxygens (including phenoxy) is 2. The lowest BCUT2D eigenvalue weighted by atomic mass is 10.0. The van der Waals surface area contributed by atoms with Gasteiger partial charge in [0.2, 0.25) is 0 Å². The molecule has 0 atom stereocenters. The number of hydrogen-bond donors (Lipinski definition) is 1. The van der Waals surface area contributed by atoms with E-state index in [1.54, 1.807) is 19.2 Å². The number of esters is 1. The number of benzene rings is 2. The van der Waals surface area contributed by atoms with E-state index in [1.807, 2.05) is 12.1 Å². The minimum atomic E-state index is -0.533. The van der Waals surface area contributed by atoms with Gasteiger partial charge in [0.1, 0.15) is 11.6 Å². The van der Waals surface area contributed by atoms with Gasteiger partial charge in [0.05, 0.1) is 25.5 Å². The number of piperidine rings is 1. The molecule has 2 aliphatic heterocycles. The van der Waals surface area contributed by atoms with Gasteiger partial charge in [-0.15, -0.1) is 0 Å². The number of halogens is 1. The molecule has 2 heterocycles. The van der Waals surface area contributed by atoms with Crippen LogP contribution in [0.25, 0.3) is 0 Å². The number of nitrogens with one attached hydrogen (secondary N) is 1. The van der Waals surface area contributed by atoms with Gasteiger partial charge >= 0.3 is 5.97 Å². The second kappa shape index (κ2) is 10.6. The van der Waals surface area contributed by atoms with Crippen molar-refractivity contribution in [1.29, 1.82) is 0 Å². The van der Waals surface area contributed by atoms with Crippen LogP contribution < -0.4 is 15.0 Å². The highest BCUT2D eigenvalue weighted by molar-refractivity contribution is 5.89. The molecule has 0 amide bonds. The van der Waals surface area contributed by atoms with Crippen LogP contribution >= 0.6 is 0 Å². The number of guanidine groups is 1. The van der Waals surface area contributed by atoms with Crippen molar-refractivity contribution >= 4 is 17.6 Å². The molecule has 2 aromatic rings. The Balaban J connectivity index is 1.46. The average Bonchev–Trinajstić information content (AvgIpc) is 2.88. The molecule has 0 spiro atoms. The first-order valence-electron chi connectivity index (χ1n) is 11.4. The van der Waals surface area contributed by atoms with E-state index in [9.17, 15) is 9.18 Å². The third kappa shape index (κ3) is 5.38. The highest BCUT2D eigenvalue weighted by atomic mass is 19.1. The quantitative estimate of drug-likeness (QED) is 0.675. The van der Waals surface area contributed by atoms with Crippen LogP contribution in [0.2, 0.25) is 0 Å². The third-order valence-electron chi connectivity index (χ3n) is 6.28. The highest BCUT2D eigenvalue weighted by Crippen LogP contribution is 2.27. The number of hydrogen-bond acceptors (Lipinski definition) is 7. The lowest BCUT2D eigenvalue weighted by Crippen LogP contribution is -2.52. The smallest absolute Gasteiger partial charge is 0.337 e. The summed E-state index contributed by atoms with van der Waals surface area (Å²) in [6.07, 6.45) is 2.81. The van der Waals surface area contributed by atoms with Gasteiger partial charge in [0, 0.05) is 38.8 Å². The number of nitrogens with zero attached hydrogens (tertiary/aromatic N) is 3. The summed E-state index contributed by atoms with van der Waals surface area (Å²) in [6, 6.07) is 13.0. The number of carbonyl (C=O) groups is 1. The number of rotatable bonds is 6. The summed E-state index contributed by atoms with van der Waals surface area (Å²) in [5, 5.41) is 3.47. The van der Waals surface area contributed by atoms with E-state index in [0.717, 1.165) is 63.7 Å². The summed E-state index contributed by atoms with van der Waals surface area (Å²) in [7, 11) is 2.96. The second-order valence-electron chi connectivity index (χ2n) is 8.34. The highest BCUT2D eigenvalue weighted by Gasteiger charge is 2.29. The minimum Gasteiger partial charge on any atom is -0.497 e. The SMILES string of the molecule is COC(=O)c1ccc(N2CCC(N(Cc3ccc(OC)cc3)C3=NCCCN3)CC2)c(F)c1. The van der Waals surface area contributed by atoms with E-state index in [1.165, 1.54) is 18.7 Å². The van der Waals surface area contributed by atoms with E-state index in [2.05, 4.69) is 32.0 Å². The van der Waals surface area contributed by atoms with Gasteiger partial charge in [-0.1, -0.05) is 12.1 Å². The van der Waals surface area contributed by atoms with Crippen LogP contribution in [0, 0.1) is 5.82 Å². The summed E-state index contributed by atoms with van der Waals surface area (Å²) in [5.74, 6) is 0.856. The second-order valence-corrected chi connectivity index (χ2v) is 8.34. The molecule has 0 aromatic heterocycles. The Kier molecular flexibility index (Phi) is 7.32. The van der Waals surface area contributed by atoms with Crippen LogP contribution in [0.3, 0.4) is 0 Å². The lowest BCUT2D eigenvalue weighted by molar-refractivity contribution is 0.0600. The summed E-state index contributed by atoms with van der Waals surface area (Å²) >= 11 is 0. The predicted octanol–water partition coefficient (Wildman–Crippen LogP) is 3.44.